The van der Waals surface area contributed by atoms with Gasteiger partial charge in [-0.2, -0.15) is 4.72 Å². The van der Waals surface area contributed by atoms with Crippen molar-refractivity contribution in [3.63, 3.8) is 0 Å². The van der Waals surface area contributed by atoms with Crippen molar-refractivity contribution >= 4 is 21.6 Å². The van der Waals surface area contributed by atoms with Crippen LogP contribution >= 0.6 is 11.6 Å². The monoisotopic (exact) mass is 546 g/mol. The number of nitrogens with two attached hydrogens (primary N) is 1. The molecule has 0 spiro atoms. The molecule has 0 aliphatic carbocycles. The number of benzene rings is 3. The van der Waals surface area contributed by atoms with Crippen LogP contribution in [0.2, 0.25) is 0 Å². The van der Waals surface area contributed by atoms with Gasteiger partial charge in [0.1, 0.15) is 0 Å². The molecule has 31 heavy (non-hydrogen) atoms. The molecule has 0 saturated heterocycles. The minimum absolute atomic E-state index is 0. The molecule has 0 saturated carbocycles. The normalized spacial score (nSPS) is 13.7. The van der Waals surface area contributed by atoms with Gasteiger partial charge in [0.15, 0.2) is 5.00 Å². The van der Waals surface area contributed by atoms with E-state index < -0.39 is 21.1 Å². The molecule has 0 aliphatic rings. The number of nitrogens with one attached hydrogen (secondary N) is 1. The molecule has 0 radical (unpaired) electrons. The first-order chi connectivity index (χ1) is 14.0. The molecule has 0 aromatic heterocycles. The summed E-state index contributed by atoms with van der Waals surface area (Å²) in [6.45, 7) is 6.38. The minimum Gasteiger partial charge on any atom is -0.321 e. The number of hydrogen-bond donors (Lipinski definition) is 2. The summed E-state index contributed by atoms with van der Waals surface area (Å²) >= 11 is 6.62. The molecule has 3 aromatic carbocycles. The van der Waals surface area contributed by atoms with E-state index >= 15 is 0 Å². The molecule has 168 valence electrons. The van der Waals surface area contributed by atoms with E-state index in [1.165, 1.54) is 16.7 Å². The van der Waals surface area contributed by atoms with Crippen LogP contribution in [-0.2, 0) is 34.5 Å². The predicted octanol–water partition coefficient (Wildman–Crippen LogP) is 4.94. The second-order valence-electron chi connectivity index (χ2n) is 7.51. The summed E-state index contributed by atoms with van der Waals surface area (Å²) in [5.74, 6) is 0. The van der Waals surface area contributed by atoms with Gasteiger partial charge in [-0.15, -0.1) is 0 Å². The predicted molar refractivity (Wildman–Crippen MR) is 126 cm³/mol. The Hall–Kier alpha value is -1.56. The Balaban J connectivity index is 0.000000404. The fourth-order valence-electron chi connectivity index (χ4n) is 3.34. The molecule has 2 atom stereocenters. The molecule has 3 N–H and O–H groups in total. The molecular formula is C24H29ClN2O2RuS. The molecule has 0 amide bonds. The Morgan fingerprint density at radius 3 is 1.61 bits per heavy atom. The van der Waals surface area contributed by atoms with E-state index in [4.69, 9.17) is 17.3 Å². The van der Waals surface area contributed by atoms with Crippen molar-refractivity contribution < 1.29 is 27.9 Å². The summed E-state index contributed by atoms with van der Waals surface area (Å²) in [6.07, 6.45) is 1.06. The molecule has 0 bridgehead atoms. The van der Waals surface area contributed by atoms with Crippen LogP contribution in [0.4, 0.5) is 0 Å². The van der Waals surface area contributed by atoms with Crippen LogP contribution in [0.15, 0.2) is 78.9 Å². The summed E-state index contributed by atoms with van der Waals surface area (Å²) in [6, 6.07) is 23.9. The van der Waals surface area contributed by atoms with Crippen molar-refractivity contribution in [1.82, 2.24) is 4.72 Å². The molecule has 0 fully saturated rings. The maximum atomic E-state index is 11.7. The molecule has 0 unspecified atom stereocenters. The Bertz CT molecular complexity index is 1010. The average molecular weight is 546 g/mol. The minimum atomic E-state index is -3.54. The largest absolute Gasteiger partial charge is 0.321 e. The Labute approximate surface area is 204 Å². The van der Waals surface area contributed by atoms with Crippen molar-refractivity contribution in [2.45, 2.75) is 31.8 Å². The Morgan fingerprint density at radius 2 is 1.23 bits per heavy atom. The molecule has 7 heteroatoms. The fourth-order valence-corrected chi connectivity index (χ4v) is 4.80. The smallest absolute Gasteiger partial charge is 0.210 e. The third-order valence-electron chi connectivity index (χ3n) is 4.48. The van der Waals surface area contributed by atoms with Crippen LogP contribution in [0.25, 0.3) is 0 Å². The van der Waals surface area contributed by atoms with Crippen LogP contribution in [0.5, 0.6) is 0 Å². The zero-order valence-corrected chi connectivity index (χ0v) is 21.4. The fraction of sp³-hybridized carbons (Fsp3) is 0.250. The first kappa shape index (κ1) is 27.5. The van der Waals surface area contributed by atoms with Crippen LogP contribution < -0.4 is 10.5 Å². The molecule has 4 nitrogen and oxygen atoms in total. The van der Waals surface area contributed by atoms with Crippen LogP contribution in [0.1, 0.15) is 33.9 Å². The Kier molecular flexibility index (Phi) is 10.5. The van der Waals surface area contributed by atoms with E-state index in [-0.39, 0.29) is 19.5 Å². The summed E-state index contributed by atoms with van der Waals surface area (Å²) < 4.78 is 25.9. The summed E-state index contributed by atoms with van der Waals surface area (Å²) in [4.78, 5) is -1.45. The molecule has 0 aliphatic heterocycles. The van der Waals surface area contributed by atoms with Crippen molar-refractivity contribution in [3.8, 4) is 0 Å². The molecule has 0 heterocycles. The van der Waals surface area contributed by atoms with Gasteiger partial charge in [0.2, 0.25) is 10.0 Å². The van der Waals surface area contributed by atoms with Crippen molar-refractivity contribution in [2.75, 3.05) is 6.26 Å². The van der Waals surface area contributed by atoms with Crippen molar-refractivity contribution in [2.24, 2.45) is 5.73 Å². The van der Waals surface area contributed by atoms with Crippen LogP contribution in [0, 0.1) is 20.8 Å². The maximum absolute atomic E-state index is 11.7. The van der Waals surface area contributed by atoms with Crippen LogP contribution in [0.3, 0.4) is 0 Å². The van der Waals surface area contributed by atoms with E-state index in [9.17, 15) is 8.42 Å². The summed E-state index contributed by atoms with van der Waals surface area (Å²) in [5.41, 5.74) is 11.7. The first-order valence-electron chi connectivity index (χ1n) is 9.60. The van der Waals surface area contributed by atoms with E-state index in [0.717, 1.165) is 11.8 Å². The second kappa shape index (κ2) is 11.9. The number of alkyl halides is 1. The van der Waals surface area contributed by atoms with Gasteiger partial charge in [-0.3, -0.25) is 0 Å². The van der Waals surface area contributed by atoms with Gasteiger partial charge in [0.05, 0.1) is 12.3 Å². The second-order valence-corrected chi connectivity index (χ2v) is 9.85. The third kappa shape index (κ3) is 8.48. The number of aryl methyl sites for hydroxylation is 3. The van der Waals surface area contributed by atoms with E-state index in [1.807, 2.05) is 36.4 Å². The maximum Gasteiger partial charge on any atom is 0.210 e. The number of rotatable bonds is 5. The van der Waals surface area contributed by atoms with Gasteiger partial charge < -0.3 is 5.73 Å². The zero-order valence-electron chi connectivity index (χ0n) is 18.1. The van der Waals surface area contributed by atoms with Gasteiger partial charge >= 0.3 is 0 Å². The van der Waals surface area contributed by atoms with Gasteiger partial charge in [-0.25, -0.2) is 8.42 Å². The van der Waals surface area contributed by atoms with Gasteiger partial charge in [0.25, 0.3) is 0 Å². The van der Waals surface area contributed by atoms with Gasteiger partial charge in [0, 0.05) is 19.5 Å². The van der Waals surface area contributed by atoms with Crippen molar-refractivity contribution in [1.29, 1.82) is 0 Å². The average Bonchev–Trinajstić information content (AvgIpc) is 2.67. The van der Waals surface area contributed by atoms with Crippen molar-refractivity contribution in [3.05, 3.63) is 107 Å². The SMILES string of the molecule is CS(=O)(=O)N[C@@](Cl)(c1ccccc1)[C@@H](N)c1ccccc1.Cc1cc(C)cc(C)c1.[Ru]. The summed E-state index contributed by atoms with van der Waals surface area (Å²) in [5, 5.41) is 0. The standard InChI is InChI=1S/C15H17ClN2O2S.C9H12.Ru/c1-21(19,20)18-15(16,13-10-6-3-7-11-13)14(17)12-8-4-2-5-9-12;1-7-4-8(2)6-9(3)5-7;/h2-11,14,18H,17H2,1H3;4-6H,1-3H3;/t14-,15-;;/m0../s1. The number of hydrogen-bond acceptors (Lipinski definition) is 3. The molecule has 3 aromatic rings. The topological polar surface area (TPSA) is 72.2 Å². The quantitative estimate of drug-likeness (QED) is 0.271. The van der Waals surface area contributed by atoms with E-state index in [1.54, 1.807) is 24.3 Å². The Morgan fingerprint density at radius 1 is 0.839 bits per heavy atom. The summed E-state index contributed by atoms with van der Waals surface area (Å²) in [7, 11) is -3.54. The van der Waals surface area contributed by atoms with Crippen LogP contribution in [-0.4, -0.2) is 14.7 Å². The third-order valence-corrected chi connectivity index (χ3v) is 5.83. The zero-order chi connectivity index (χ0) is 22.4. The van der Waals surface area contributed by atoms with E-state index in [2.05, 4.69) is 43.7 Å². The number of sulfonamides is 1. The van der Waals surface area contributed by atoms with Gasteiger partial charge in [-0.1, -0.05) is 107 Å². The molecular weight excluding hydrogens is 517 g/mol. The van der Waals surface area contributed by atoms with E-state index in [0.29, 0.717) is 5.56 Å². The first-order valence-corrected chi connectivity index (χ1v) is 11.9. The van der Waals surface area contributed by atoms with Gasteiger partial charge in [-0.05, 0) is 31.9 Å². The number of halogens is 1. The molecule has 3 rings (SSSR count).